The van der Waals surface area contributed by atoms with Gasteiger partial charge in [-0.2, -0.15) is 0 Å². The molecule has 0 fully saturated rings. The molecule has 0 spiro atoms. The van der Waals surface area contributed by atoms with Crippen molar-refractivity contribution < 1.29 is 8.42 Å². The van der Waals surface area contributed by atoms with Gasteiger partial charge < -0.3 is 5.32 Å². The highest BCUT2D eigenvalue weighted by Crippen LogP contribution is 2.35. The zero-order valence-corrected chi connectivity index (χ0v) is 15.0. The summed E-state index contributed by atoms with van der Waals surface area (Å²) in [7, 11) is -3.07. The number of rotatable bonds is 7. The van der Waals surface area contributed by atoms with Crippen molar-refractivity contribution in [1.29, 1.82) is 0 Å². The minimum absolute atomic E-state index is 0.394. The van der Waals surface area contributed by atoms with E-state index in [0.717, 1.165) is 25.8 Å². The van der Waals surface area contributed by atoms with E-state index in [1.165, 1.54) is 26.2 Å². The summed E-state index contributed by atoms with van der Waals surface area (Å²) in [6.07, 6.45) is 4.32. The Hall–Kier alpha value is -0.430. The molecule has 1 unspecified atom stereocenters. The van der Waals surface area contributed by atoms with Gasteiger partial charge in [0.25, 0.3) is 0 Å². The molecule has 1 aliphatic rings. The van der Waals surface area contributed by atoms with E-state index in [1.54, 1.807) is 0 Å². The highest BCUT2D eigenvalue weighted by Gasteiger charge is 2.23. The van der Waals surface area contributed by atoms with E-state index in [2.05, 4.69) is 39.4 Å². The minimum Gasteiger partial charge on any atom is -0.310 e. The van der Waals surface area contributed by atoms with Crippen molar-refractivity contribution in [2.24, 2.45) is 0 Å². The molecule has 0 bridgehead atoms. The lowest BCUT2D eigenvalue weighted by Gasteiger charge is -2.19. The van der Waals surface area contributed by atoms with E-state index in [4.69, 9.17) is 0 Å². The van der Waals surface area contributed by atoms with Crippen LogP contribution in [0.5, 0.6) is 0 Å². The predicted octanol–water partition coefficient (Wildman–Crippen LogP) is 2.70. The average Bonchev–Trinajstić information content (AvgIpc) is 2.82. The third-order valence-corrected chi connectivity index (χ3v) is 6.13. The van der Waals surface area contributed by atoms with Crippen LogP contribution in [-0.4, -0.2) is 38.6 Å². The van der Waals surface area contributed by atoms with Crippen molar-refractivity contribution in [2.75, 3.05) is 25.9 Å². The van der Waals surface area contributed by atoms with Gasteiger partial charge in [0.2, 0.25) is 10.0 Å². The topological polar surface area (TPSA) is 49.4 Å². The zero-order chi connectivity index (χ0) is 15.5. The molecule has 0 saturated heterocycles. The molecule has 21 heavy (non-hydrogen) atoms. The van der Waals surface area contributed by atoms with Crippen molar-refractivity contribution in [2.45, 2.75) is 32.2 Å². The largest absolute Gasteiger partial charge is 0.310 e. The van der Waals surface area contributed by atoms with Gasteiger partial charge in [-0.15, -0.1) is 0 Å². The summed E-state index contributed by atoms with van der Waals surface area (Å²) in [6, 6.07) is 6.74. The van der Waals surface area contributed by atoms with Crippen LogP contribution in [0.25, 0.3) is 0 Å². The molecular weight excluding hydrogens is 352 g/mol. The molecule has 118 valence electrons. The molecular formula is C15H23BrN2O2S. The van der Waals surface area contributed by atoms with Crippen LogP contribution in [-0.2, 0) is 16.4 Å². The van der Waals surface area contributed by atoms with Crippen LogP contribution >= 0.6 is 15.9 Å². The number of fused-ring (bicyclic) bond motifs is 1. The first-order chi connectivity index (χ1) is 9.93. The molecule has 0 saturated carbocycles. The lowest BCUT2D eigenvalue weighted by atomic mass is 10.1. The van der Waals surface area contributed by atoms with Gasteiger partial charge in [-0.25, -0.2) is 12.7 Å². The first kappa shape index (κ1) is 16.9. The van der Waals surface area contributed by atoms with E-state index >= 15 is 0 Å². The highest BCUT2D eigenvalue weighted by atomic mass is 79.9. The molecule has 6 heteroatoms. The van der Waals surface area contributed by atoms with Gasteiger partial charge in [0.1, 0.15) is 0 Å². The van der Waals surface area contributed by atoms with Gasteiger partial charge in [0.05, 0.1) is 6.26 Å². The third-order valence-electron chi connectivity index (χ3n) is 4.01. The van der Waals surface area contributed by atoms with Gasteiger partial charge in [-0.05, 0) is 43.0 Å². The summed E-state index contributed by atoms with van der Waals surface area (Å²) in [4.78, 5) is 0. The predicted molar refractivity (Wildman–Crippen MR) is 89.9 cm³/mol. The van der Waals surface area contributed by atoms with Crippen LogP contribution < -0.4 is 5.32 Å². The molecule has 1 aromatic carbocycles. The first-order valence-electron chi connectivity index (χ1n) is 7.39. The maximum absolute atomic E-state index is 11.5. The number of hydrogen-bond acceptors (Lipinski definition) is 3. The van der Waals surface area contributed by atoms with E-state index in [-0.39, 0.29) is 0 Å². The maximum Gasteiger partial charge on any atom is 0.211 e. The Morgan fingerprint density at radius 2 is 2.19 bits per heavy atom. The Morgan fingerprint density at radius 3 is 2.86 bits per heavy atom. The maximum atomic E-state index is 11.5. The van der Waals surface area contributed by atoms with Gasteiger partial charge in [0.15, 0.2) is 0 Å². The van der Waals surface area contributed by atoms with Crippen LogP contribution in [0.15, 0.2) is 22.7 Å². The summed E-state index contributed by atoms with van der Waals surface area (Å²) in [5, 5.41) is 3.55. The monoisotopic (exact) mass is 374 g/mol. The number of nitrogens with zero attached hydrogens (tertiary/aromatic N) is 1. The van der Waals surface area contributed by atoms with Crippen LogP contribution in [0, 0.1) is 0 Å². The quantitative estimate of drug-likeness (QED) is 0.746. The summed E-state index contributed by atoms with van der Waals surface area (Å²) >= 11 is 3.61. The van der Waals surface area contributed by atoms with Gasteiger partial charge in [0, 0.05) is 23.6 Å². The van der Waals surface area contributed by atoms with Crippen molar-refractivity contribution in [3.63, 3.8) is 0 Å². The molecule has 1 aromatic rings. The zero-order valence-electron chi connectivity index (χ0n) is 12.6. The number of sulfonamides is 1. The van der Waals surface area contributed by atoms with Crippen LogP contribution in [0.2, 0.25) is 0 Å². The van der Waals surface area contributed by atoms with E-state index in [1.807, 2.05) is 6.92 Å². The summed E-state index contributed by atoms with van der Waals surface area (Å²) < 4.78 is 25.7. The van der Waals surface area contributed by atoms with E-state index < -0.39 is 10.0 Å². The second-order valence-corrected chi connectivity index (χ2v) is 8.30. The minimum atomic E-state index is -3.07. The molecule has 1 N–H and O–H groups in total. The second-order valence-electron chi connectivity index (χ2n) is 5.46. The van der Waals surface area contributed by atoms with Gasteiger partial charge in [-0.3, -0.25) is 0 Å². The Labute approximate surface area is 136 Å². The Balaban J connectivity index is 1.83. The molecule has 0 aliphatic heterocycles. The fraction of sp³-hybridized carbons (Fsp3) is 0.600. The number of halogens is 1. The molecule has 0 aromatic heterocycles. The molecule has 4 nitrogen and oxygen atoms in total. The molecule has 0 amide bonds. The van der Waals surface area contributed by atoms with Crippen LogP contribution in [0.1, 0.15) is 36.9 Å². The molecule has 1 atom stereocenters. The second kappa shape index (κ2) is 7.22. The molecule has 2 rings (SSSR count). The fourth-order valence-electron chi connectivity index (χ4n) is 2.91. The van der Waals surface area contributed by atoms with E-state index in [9.17, 15) is 8.42 Å². The van der Waals surface area contributed by atoms with Crippen LogP contribution in [0.3, 0.4) is 0 Å². The van der Waals surface area contributed by atoms with Gasteiger partial charge >= 0.3 is 0 Å². The van der Waals surface area contributed by atoms with Gasteiger partial charge in [-0.1, -0.05) is 35.0 Å². The Kier molecular flexibility index (Phi) is 5.82. The van der Waals surface area contributed by atoms with Crippen LogP contribution in [0.4, 0.5) is 0 Å². The molecule has 1 aliphatic carbocycles. The fourth-order valence-corrected chi connectivity index (χ4v) is 4.42. The standard InChI is InChI=1S/C15H23BrN2O2S/c1-3-18(21(2,19)20)11-5-10-17-15-9-8-12-13(15)6-4-7-14(12)16/h4,6-7,15,17H,3,5,8-11H2,1-2H3. The summed E-state index contributed by atoms with van der Waals surface area (Å²) in [6.45, 7) is 3.83. The third kappa shape index (κ3) is 4.28. The van der Waals surface area contributed by atoms with Crippen molar-refractivity contribution >= 4 is 26.0 Å². The summed E-state index contributed by atoms with van der Waals surface area (Å²) in [5.74, 6) is 0. The number of nitrogens with one attached hydrogen (secondary N) is 1. The molecule has 0 heterocycles. The Bertz CT molecular complexity index is 589. The van der Waals surface area contributed by atoms with Crippen molar-refractivity contribution in [1.82, 2.24) is 9.62 Å². The number of benzene rings is 1. The smallest absolute Gasteiger partial charge is 0.211 e. The Morgan fingerprint density at radius 1 is 1.43 bits per heavy atom. The summed E-state index contributed by atoms with van der Waals surface area (Å²) in [5.41, 5.74) is 2.78. The lowest BCUT2D eigenvalue weighted by Crippen LogP contribution is -2.32. The molecule has 0 radical (unpaired) electrons. The SMILES string of the molecule is CCN(CCCNC1CCc2c(Br)cccc21)S(C)(=O)=O. The van der Waals surface area contributed by atoms with Crippen molar-refractivity contribution in [3.8, 4) is 0 Å². The highest BCUT2D eigenvalue weighted by molar-refractivity contribution is 9.10. The van der Waals surface area contributed by atoms with E-state index in [0.29, 0.717) is 19.1 Å². The first-order valence-corrected chi connectivity index (χ1v) is 10.0. The normalized spacial score (nSPS) is 18.2. The lowest BCUT2D eigenvalue weighted by molar-refractivity contribution is 0.410. The number of hydrogen-bond donors (Lipinski definition) is 1. The van der Waals surface area contributed by atoms with Crippen molar-refractivity contribution in [3.05, 3.63) is 33.8 Å². The average molecular weight is 375 g/mol.